The highest BCUT2D eigenvalue weighted by Gasteiger charge is 2.05. The zero-order chi connectivity index (χ0) is 13.2. The molecule has 19 heavy (non-hydrogen) atoms. The minimum Gasteiger partial charge on any atom is -0.329 e. The molecule has 0 radical (unpaired) electrons. The van der Waals surface area contributed by atoms with Crippen molar-refractivity contribution in [3.05, 3.63) is 54.4 Å². The second-order valence-corrected chi connectivity index (χ2v) is 4.39. The number of rotatable bonds is 3. The van der Waals surface area contributed by atoms with Crippen LogP contribution < -0.4 is 5.32 Å². The number of carbonyl (C=O) groups excluding carboxylic acids is 1. The maximum Gasteiger partial charge on any atom is 0.211 e. The van der Waals surface area contributed by atoms with Gasteiger partial charge in [0, 0.05) is 23.6 Å². The van der Waals surface area contributed by atoms with Gasteiger partial charge in [-0.1, -0.05) is 18.2 Å². The first-order valence-electron chi connectivity index (χ1n) is 6.03. The van der Waals surface area contributed by atoms with Gasteiger partial charge in [0.1, 0.15) is 5.65 Å². The van der Waals surface area contributed by atoms with E-state index in [2.05, 4.69) is 10.3 Å². The van der Waals surface area contributed by atoms with Gasteiger partial charge < -0.3 is 9.72 Å². The normalized spacial score (nSPS) is 10.6. The van der Waals surface area contributed by atoms with Gasteiger partial charge >= 0.3 is 0 Å². The van der Waals surface area contributed by atoms with E-state index >= 15 is 0 Å². The van der Waals surface area contributed by atoms with E-state index in [1.165, 1.54) is 0 Å². The van der Waals surface area contributed by atoms with Crippen molar-refractivity contribution in [3.63, 3.8) is 0 Å². The minimum absolute atomic E-state index is 0.670. The summed E-state index contributed by atoms with van der Waals surface area (Å²) in [6.07, 6.45) is 4.66. The van der Waals surface area contributed by atoms with Gasteiger partial charge in [0.25, 0.3) is 0 Å². The Morgan fingerprint density at radius 2 is 2.00 bits per heavy atom. The SMILES string of the molecule is Cc1cccn2cc(-c3ccc(NC=O)cc3)nc12. The van der Waals surface area contributed by atoms with E-state index in [-0.39, 0.29) is 0 Å². The minimum atomic E-state index is 0.670. The summed E-state index contributed by atoms with van der Waals surface area (Å²) in [5.41, 5.74) is 4.84. The highest BCUT2D eigenvalue weighted by Crippen LogP contribution is 2.22. The third kappa shape index (κ3) is 2.08. The molecule has 4 heteroatoms. The second kappa shape index (κ2) is 4.57. The number of aromatic nitrogens is 2. The van der Waals surface area contributed by atoms with Crippen molar-refractivity contribution >= 4 is 17.7 Å². The van der Waals surface area contributed by atoms with Crippen LogP contribution in [0, 0.1) is 6.92 Å². The molecule has 3 rings (SSSR count). The lowest BCUT2D eigenvalue weighted by Gasteiger charge is -1.99. The van der Waals surface area contributed by atoms with E-state index in [4.69, 9.17) is 0 Å². The number of pyridine rings is 1. The van der Waals surface area contributed by atoms with Crippen LogP contribution in [0.25, 0.3) is 16.9 Å². The van der Waals surface area contributed by atoms with Gasteiger partial charge in [-0.3, -0.25) is 4.79 Å². The van der Waals surface area contributed by atoms with E-state index in [1.54, 1.807) is 0 Å². The number of hydrogen-bond acceptors (Lipinski definition) is 2. The van der Waals surface area contributed by atoms with Crippen LogP contribution in [-0.2, 0) is 4.79 Å². The second-order valence-electron chi connectivity index (χ2n) is 4.39. The highest BCUT2D eigenvalue weighted by molar-refractivity contribution is 5.73. The predicted octanol–water partition coefficient (Wildman–Crippen LogP) is 2.88. The van der Waals surface area contributed by atoms with Gasteiger partial charge in [0.15, 0.2) is 0 Å². The smallest absolute Gasteiger partial charge is 0.211 e. The largest absolute Gasteiger partial charge is 0.329 e. The van der Waals surface area contributed by atoms with Crippen molar-refractivity contribution in [2.75, 3.05) is 5.32 Å². The Bertz CT molecular complexity index is 729. The summed E-state index contributed by atoms with van der Waals surface area (Å²) in [6.45, 7) is 2.04. The molecular weight excluding hydrogens is 238 g/mol. The molecule has 94 valence electrons. The van der Waals surface area contributed by atoms with E-state index in [9.17, 15) is 4.79 Å². The molecule has 1 aromatic carbocycles. The first-order chi connectivity index (χ1) is 9.28. The van der Waals surface area contributed by atoms with Crippen LogP contribution in [0.4, 0.5) is 5.69 Å². The van der Waals surface area contributed by atoms with Crippen LogP contribution in [0.1, 0.15) is 5.56 Å². The molecule has 0 saturated heterocycles. The average Bonchev–Trinajstić information content (AvgIpc) is 2.85. The van der Waals surface area contributed by atoms with E-state index in [0.717, 1.165) is 28.2 Å². The van der Waals surface area contributed by atoms with Crippen molar-refractivity contribution in [2.45, 2.75) is 6.92 Å². The third-order valence-electron chi connectivity index (χ3n) is 3.08. The van der Waals surface area contributed by atoms with Gasteiger partial charge in [0.05, 0.1) is 5.69 Å². The van der Waals surface area contributed by atoms with Crippen molar-refractivity contribution < 1.29 is 4.79 Å². The molecule has 0 aliphatic heterocycles. The summed E-state index contributed by atoms with van der Waals surface area (Å²) in [4.78, 5) is 15.0. The molecule has 0 unspecified atom stereocenters. The molecule has 0 saturated carbocycles. The number of nitrogens with one attached hydrogen (secondary N) is 1. The molecule has 3 aromatic rings. The summed E-state index contributed by atoms with van der Waals surface area (Å²) < 4.78 is 2.02. The average molecular weight is 251 g/mol. The maximum absolute atomic E-state index is 10.4. The summed E-state index contributed by atoms with van der Waals surface area (Å²) in [5, 5.41) is 2.62. The molecule has 0 aliphatic carbocycles. The zero-order valence-electron chi connectivity index (χ0n) is 10.5. The number of benzene rings is 1. The number of fused-ring (bicyclic) bond motifs is 1. The van der Waals surface area contributed by atoms with Crippen LogP contribution in [0.2, 0.25) is 0 Å². The van der Waals surface area contributed by atoms with Gasteiger partial charge in [-0.25, -0.2) is 4.98 Å². The number of imidazole rings is 1. The van der Waals surface area contributed by atoms with Crippen LogP contribution >= 0.6 is 0 Å². The Labute approximate surface area is 110 Å². The molecule has 4 nitrogen and oxygen atoms in total. The van der Waals surface area contributed by atoms with Crippen molar-refractivity contribution in [1.82, 2.24) is 9.38 Å². The van der Waals surface area contributed by atoms with Crippen LogP contribution in [0.15, 0.2) is 48.8 Å². The van der Waals surface area contributed by atoms with E-state index < -0.39 is 0 Å². The fraction of sp³-hybridized carbons (Fsp3) is 0.0667. The summed E-state index contributed by atoms with van der Waals surface area (Å²) in [5.74, 6) is 0. The number of carbonyl (C=O) groups is 1. The molecule has 2 heterocycles. The lowest BCUT2D eigenvalue weighted by molar-refractivity contribution is -0.105. The third-order valence-corrected chi connectivity index (χ3v) is 3.08. The summed E-state index contributed by atoms with van der Waals surface area (Å²) in [7, 11) is 0. The molecule has 1 N–H and O–H groups in total. The zero-order valence-corrected chi connectivity index (χ0v) is 10.5. The molecule has 0 aliphatic rings. The molecule has 0 atom stereocenters. The van der Waals surface area contributed by atoms with Crippen molar-refractivity contribution in [2.24, 2.45) is 0 Å². The number of nitrogens with zero attached hydrogens (tertiary/aromatic N) is 2. The Hall–Kier alpha value is -2.62. The fourth-order valence-corrected chi connectivity index (χ4v) is 2.10. The molecule has 0 fully saturated rings. The standard InChI is InChI=1S/C15H13N3O/c1-11-3-2-8-18-9-14(17-15(11)18)12-4-6-13(7-5-12)16-10-19/h2-10H,1H3,(H,16,19). The monoisotopic (exact) mass is 251 g/mol. The summed E-state index contributed by atoms with van der Waals surface area (Å²) in [6, 6.07) is 11.7. The fourth-order valence-electron chi connectivity index (χ4n) is 2.10. The van der Waals surface area contributed by atoms with Crippen LogP contribution in [0.5, 0.6) is 0 Å². The predicted molar refractivity (Wildman–Crippen MR) is 75.1 cm³/mol. The molecule has 1 amide bonds. The highest BCUT2D eigenvalue weighted by atomic mass is 16.1. The number of amides is 1. The quantitative estimate of drug-likeness (QED) is 0.727. The van der Waals surface area contributed by atoms with E-state index in [1.807, 2.05) is 60.1 Å². The number of anilines is 1. The number of aryl methyl sites for hydroxylation is 1. The Balaban J connectivity index is 2.03. The molecule has 2 aromatic heterocycles. The lowest BCUT2D eigenvalue weighted by atomic mass is 10.1. The first kappa shape index (κ1) is 11.5. The number of hydrogen-bond donors (Lipinski definition) is 1. The Kier molecular flexibility index (Phi) is 2.76. The molecule has 0 spiro atoms. The van der Waals surface area contributed by atoms with Gasteiger partial charge in [-0.05, 0) is 30.7 Å². The molecular formula is C15H13N3O. The Morgan fingerprint density at radius 1 is 1.21 bits per heavy atom. The Morgan fingerprint density at radius 3 is 2.68 bits per heavy atom. The van der Waals surface area contributed by atoms with Crippen molar-refractivity contribution in [3.8, 4) is 11.3 Å². The van der Waals surface area contributed by atoms with Crippen molar-refractivity contribution in [1.29, 1.82) is 0 Å². The van der Waals surface area contributed by atoms with Gasteiger partial charge in [-0.15, -0.1) is 0 Å². The maximum atomic E-state index is 10.4. The summed E-state index contributed by atoms with van der Waals surface area (Å²) >= 11 is 0. The van der Waals surface area contributed by atoms with E-state index in [0.29, 0.717) is 6.41 Å². The first-order valence-corrected chi connectivity index (χ1v) is 6.03. The van der Waals surface area contributed by atoms with Crippen LogP contribution in [-0.4, -0.2) is 15.8 Å². The van der Waals surface area contributed by atoms with Gasteiger partial charge in [0.2, 0.25) is 6.41 Å². The van der Waals surface area contributed by atoms with Crippen LogP contribution in [0.3, 0.4) is 0 Å². The topological polar surface area (TPSA) is 46.4 Å². The lowest BCUT2D eigenvalue weighted by Crippen LogP contribution is -1.92. The molecule has 0 bridgehead atoms. The van der Waals surface area contributed by atoms with Gasteiger partial charge in [-0.2, -0.15) is 0 Å².